The second kappa shape index (κ2) is 7.85. The van der Waals surface area contributed by atoms with Crippen LogP contribution in [0.5, 0.6) is 0 Å². The van der Waals surface area contributed by atoms with Gasteiger partial charge in [-0.15, -0.1) is 0 Å². The fourth-order valence-electron chi connectivity index (χ4n) is 0.813. The summed E-state index contributed by atoms with van der Waals surface area (Å²) in [5.74, 6) is -0.543. The lowest BCUT2D eigenvalue weighted by Crippen LogP contribution is -2.13. The third-order valence-corrected chi connectivity index (χ3v) is 3.34. The van der Waals surface area contributed by atoms with Gasteiger partial charge in [-0.05, 0) is 12.8 Å². The van der Waals surface area contributed by atoms with Crippen LogP contribution in [0.15, 0.2) is 0 Å². The van der Waals surface area contributed by atoms with Gasteiger partial charge in [-0.3, -0.25) is 9.36 Å². The molecule has 0 aromatic rings. The van der Waals surface area contributed by atoms with Gasteiger partial charge in [0.25, 0.3) is 0 Å². The topological polar surface area (TPSA) is 61.8 Å². The highest BCUT2D eigenvalue weighted by Gasteiger charge is 2.27. The Balaban J connectivity index is 4.06. The zero-order valence-corrected chi connectivity index (χ0v) is 10.4. The van der Waals surface area contributed by atoms with Crippen LogP contribution in [0.4, 0.5) is 0 Å². The number of carbonyl (C=O) groups is 1. The minimum Gasteiger partial charge on any atom is -0.465 e. The number of esters is 1. The fraction of sp³-hybridized carbons (Fsp3) is 0.889. The van der Waals surface area contributed by atoms with Gasteiger partial charge in [-0.1, -0.05) is 13.8 Å². The molecular weight excluding hydrogens is 219 g/mol. The first kappa shape index (κ1) is 14.6. The van der Waals surface area contributed by atoms with E-state index in [1.165, 1.54) is 7.11 Å². The standard InChI is InChI=1S/C9H19O5P/c1-4-6-13-9(10)8-15(11,12-3)14-7-5-2/h4-8H2,1-3H3. The maximum atomic E-state index is 11.8. The maximum absolute atomic E-state index is 11.8. The fourth-order valence-corrected chi connectivity index (χ4v) is 2.01. The summed E-state index contributed by atoms with van der Waals surface area (Å²) in [6.45, 7) is 4.41. The molecule has 0 rings (SSSR count). The summed E-state index contributed by atoms with van der Waals surface area (Å²) < 4.78 is 26.3. The molecule has 0 aromatic carbocycles. The first-order chi connectivity index (χ1) is 7.08. The van der Waals surface area contributed by atoms with Crippen molar-refractivity contribution in [3.05, 3.63) is 0 Å². The van der Waals surface area contributed by atoms with Crippen molar-refractivity contribution in [1.82, 2.24) is 0 Å². The monoisotopic (exact) mass is 238 g/mol. The lowest BCUT2D eigenvalue weighted by Gasteiger charge is -2.14. The highest BCUT2D eigenvalue weighted by molar-refractivity contribution is 7.54. The van der Waals surface area contributed by atoms with Crippen LogP contribution in [0, 0.1) is 0 Å². The molecule has 0 aliphatic carbocycles. The van der Waals surface area contributed by atoms with Gasteiger partial charge >= 0.3 is 13.6 Å². The second-order valence-corrected chi connectivity index (χ2v) is 5.17. The molecule has 6 heteroatoms. The molecule has 15 heavy (non-hydrogen) atoms. The van der Waals surface area contributed by atoms with Gasteiger partial charge < -0.3 is 13.8 Å². The molecule has 0 amide bonds. The summed E-state index contributed by atoms with van der Waals surface area (Å²) in [6.07, 6.45) is 1.14. The molecule has 1 atom stereocenters. The number of hydrogen-bond donors (Lipinski definition) is 0. The van der Waals surface area contributed by atoms with Crippen molar-refractivity contribution < 1.29 is 23.1 Å². The molecule has 0 saturated heterocycles. The van der Waals surface area contributed by atoms with E-state index in [9.17, 15) is 9.36 Å². The molecule has 0 bridgehead atoms. The number of ether oxygens (including phenoxy) is 1. The molecule has 0 aromatic heterocycles. The SMILES string of the molecule is CCCOC(=O)CP(=O)(OC)OCCC. The molecule has 0 heterocycles. The Hall–Kier alpha value is -0.380. The molecule has 1 unspecified atom stereocenters. The largest absolute Gasteiger partial charge is 0.465 e. The van der Waals surface area contributed by atoms with Gasteiger partial charge in [0, 0.05) is 7.11 Å². The molecule has 0 N–H and O–H groups in total. The van der Waals surface area contributed by atoms with Crippen LogP contribution in [0.25, 0.3) is 0 Å². The first-order valence-electron chi connectivity index (χ1n) is 5.03. The Morgan fingerprint density at radius 3 is 2.27 bits per heavy atom. The summed E-state index contributed by atoms with van der Waals surface area (Å²) in [7, 11) is -2.02. The van der Waals surface area contributed by atoms with E-state index in [0.29, 0.717) is 13.2 Å². The van der Waals surface area contributed by atoms with Crippen LogP contribution in [0.2, 0.25) is 0 Å². The van der Waals surface area contributed by atoms with E-state index >= 15 is 0 Å². The van der Waals surface area contributed by atoms with Gasteiger partial charge in [0.05, 0.1) is 13.2 Å². The molecule has 0 fully saturated rings. The molecule has 5 nitrogen and oxygen atoms in total. The van der Waals surface area contributed by atoms with Crippen molar-refractivity contribution in [2.75, 3.05) is 26.5 Å². The Morgan fingerprint density at radius 1 is 1.20 bits per heavy atom. The zero-order valence-electron chi connectivity index (χ0n) is 9.52. The van der Waals surface area contributed by atoms with Crippen molar-refractivity contribution in [1.29, 1.82) is 0 Å². The van der Waals surface area contributed by atoms with Gasteiger partial charge in [0.2, 0.25) is 0 Å². The average Bonchev–Trinajstić information content (AvgIpc) is 2.23. The van der Waals surface area contributed by atoms with Gasteiger partial charge in [0.1, 0.15) is 6.16 Å². The lowest BCUT2D eigenvalue weighted by molar-refractivity contribution is -0.140. The van der Waals surface area contributed by atoms with Crippen molar-refractivity contribution in [3.63, 3.8) is 0 Å². The number of carbonyl (C=O) groups excluding carboxylic acids is 1. The highest BCUT2D eigenvalue weighted by atomic mass is 31.2. The lowest BCUT2D eigenvalue weighted by atomic mass is 10.5. The Kier molecular flexibility index (Phi) is 7.65. The van der Waals surface area contributed by atoms with E-state index in [2.05, 4.69) is 0 Å². The zero-order chi connectivity index (χ0) is 11.7. The quantitative estimate of drug-likeness (QED) is 0.479. The minimum atomic E-state index is -3.29. The van der Waals surface area contributed by atoms with Crippen molar-refractivity contribution >= 4 is 13.6 Å². The van der Waals surface area contributed by atoms with Crippen LogP contribution < -0.4 is 0 Å². The average molecular weight is 238 g/mol. The minimum absolute atomic E-state index is 0.312. The summed E-state index contributed by atoms with van der Waals surface area (Å²) in [6, 6.07) is 0. The van der Waals surface area contributed by atoms with Crippen LogP contribution >= 0.6 is 7.60 Å². The molecule has 0 aliphatic heterocycles. The summed E-state index contributed by atoms with van der Waals surface area (Å²) >= 11 is 0. The second-order valence-electron chi connectivity index (χ2n) is 3.01. The number of hydrogen-bond acceptors (Lipinski definition) is 5. The predicted octanol–water partition coefficient (Wildman–Crippen LogP) is 2.21. The van der Waals surface area contributed by atoms with E-state index in [1.807, 2.05) is 13.8 Å². The van der Waals surface area contributed by atoms with Crippen LogP contribution in [-0.4, -0.2) is 32.5 Å². The molecule has 0 saturated carbocycles. The normalized spacial score (nSPS) is 14.6. The van der Waals surface area contributed by atoms with E-state index in [1.54, 1.807) is 0 Å². The van der Waals surface area contributed by atoms with Gasteiger partial charge in [-0.25, -0.2) is 0 Å². The van der Waals surface area contributed by atoms with Crippen LogP contribution in [0.3, 0.4) is 0 Å². The molecule has 0 radical (unpaired) electrons. The maximum Gasteiger partial charge on any atom is 0.341 e. The summed E-state index contributed by atoms with van der Waals surface area (Å²) in [5, 5.41) is 0. The Morgan fingerprint density at radius 2 is 1.80 bits per heavy atom. The van der Waals surface area contributed by atoms with E-state index < -0.39 is 13.6 Å². The third kappa shape index (κ3) is 6.66. The smallest absolute Gasteiger partial charge is 0.341 e. The van der Waals surface area contributed by atoms with E-state index in [-0.39, 0.29) is 6.16 Å². The van der Waals surface area contributed by atoms with Crippen LogP contribution in [0.1, 0.15) is 26.7 Å². The third-order valence-electron chi connectivity index (χ3n) is 1.56. The van der Waals surface area contributed by atoms with Crippen molar-refractivity contribution in [3.8, 4) is 0 Å². The van der Waals surface area contributed by atoms with Crippen molar-refractivity contribution in [2.24, 2.45) is 0 Å². The summed E-state index contributed by atoms with van der Waals surface area (Å²) in [4.78, 5) is 11.2. The first-order valence-corrected chi connectivity index (χ1v) is 6.75. The predicted molar refractivity (Wildman–Crippen MR) is 57.0 cm³/mol. The molecule has 0 spiro atoms. The van der Waals surface area contributed by atoms with E-state index in [4.69, 9.17) is 13.8 Å². The molecular formula is C9H19O5P. The molecule has 90 valence electrons. The Labute approximate surface area is 90.6 Å². The van der Waals surface area contributed by atoms with Gasteiger partial charge in [-0.2, -0.15) is 0 Å². The Bertz CT molecular complexity index is 229. The highest BCUT2D eigenvalue weighted by Crippen LogP contribution is 2.47. The van der Waals surface area contributed by atoms with E-state index in [0.717, 1.165) is 12.8 Å². The molecule has 0 aliphatic rings. The van der Waals surface area contributed by atoms with Gasteiger partial charge in [0.15, 0.2) is 0 Å². The number of rotatable bonds is 8. The summed E-state index contributed by atoms with van der Waals surface area (Å²) in [5.41, 5.74) is 0. The van der Waals surface area contributed by atoms with Crippen molar-refractivity contribution in [2.45, 2.75) is 26.7 Å². The van der Waals surface area contributed by atoms with Crippen LogP contribution in [-0.2, 0) is 23.1 Å².